The molecular weight excluding hydrogens is 396 g/mol. The SMILES string of the molecule is COC(=O)c1ccc(Cn2cc(C=Nc3ccc(C(=O)O)cc3C)c3ccccc32)o1. The van der Waals surface area contributed by atoms with Gasteiger partial charge in [0.1, 0.15) is 5.76 Å². The van der Waals surface area contributed by atoms with Crippen molar-refractivity contribution in [1.82, 2.24) is 4.57 Å². The number of fused-ring (bicyclic) bond motifs is 1. The second-order valence-corrected chi connectivity index (χ2v) is 7.05. The minimum atomic E-state index is -0.963. The zero-order valence-corrected chi connectivity index (χ0v) is 17.0. The van der Waals surface area contributed by atoms with Crippen molar-refractivity contribution in [3.05, 3.63) is 89.0 Å². The largest absolute Gasteiger partial charge is 0.478 e. The van der Waals surface area contributed by atoms with E-state index in [9.17, 15) is 9.59 Å². The summed E-state index contributed by atoms with van der Waals surface area (Å²) < 4.78 is 12.3. The second-order valence-electron chi connectivity index (χ2n) is 7.05. The number of hydrogen-bond acceptors (Lipinski definition) is 5. The smallest absolute Gasteiger partial charge is 0.373 e. The molecule has 31 heavy (non-hydrogen) atoms. The number of hydrogen-bond donors (Lipinski definition) is 1. The summed E-state index contributed by atoms with van der Waals surface area (Å²) in [6.07, 6.45) is 3.74. The molecule has 7 nitrogen and oxygen atoms in total. The number of aromatic nitrogens is 1. The third-order valence-corrected chi connectivity index (χ3v) is 4.98. The number of carboxylic acid groups (broad SMARTS) is 1. The molecule has 0 amide bonds. The molecule has 0 aliphatic carbocycles. The Morgan fingerprint density at radius 3 is 2.71 bits per heavy atom. The van der Waals surface area contributed by atoms with Gasteiger partial charge >= 0.3 is 11.9 Å². The van der Waals surface area contributed by atoms with Crippen LogP contribution in [-0.2, 0) is 11.3 Å². The molecule has 0 atom stereocenters. The molecular formula is C24H20N2O5. The molecule has 2 aromatic heterocycles. The van der Waals surface area contributed by atoms with Gasteiger partial charge in [-0.05, 0) is 48.9 Å². The summed E-state index contributed by atoms with van der Waals surface area (Å²) in [5.41, 5.74) is 3.63. The lowest BCUT2D eigenvalue weighted by Gasteiger charge is -2.02. The number of carbonyl (C=O) groups is 2. The first kappa shape index (κ1) is 20.2. The van der Waals surface area contributed by atoms with Gasteiger partial charge in [0.15, 0.2) is 0 Å². The van der Waals surface area contributed by atoms with Crippen molar-refractivity contribution in [2.45, 2.75) is 13.5 Å². The normalized spacial score (nSPS) is 11.3. The standard InChI is InChI=1S/C24H20N2O5/c1-15-11-16(23(27)28)7-9-20(15)25-12-17-13-26(21-6-4-3-5-19(17)21)14-18-8-10-22(31-18)24(29)30-2/h3-13H,14H2,1-2H3,(H,27,28). The number of aryl methyl sites for hydroxylation is 1. The highest BCUT2D eigenvalue weighted by atomic mass is 16.5. The maximum Gasteiger partial charge on any atom is 0.373 e. The van der Waals surface area contributed by atoms with Crippen LogP contribution in [0.3, 0.4) is 0 Å². The highest BCUT2D eigenvalue weighted by molar-refractivity contribution is 6.00. The molecule has 0 saturated carbocycles. The first-order valence-corrected chi connectivity index (χ1v) is 9.59. The lowest BCUT2D eigenvalue weighted by Crippen LogP contribution is -1.99. The molecule has 0 spiro atoms. The molecule has 2 aromatic carbocycles. The van der Waals surface area contributed by atoms with Crippen LogP contribution in [0.15, 0.2) is 70.2 Å². The predicted octanol–water partition coefficient (Wildman–Crippen LogP) is 4.83. The van der Waals surface area contributed by atoms with Crippen LogP contribution in [0.25, 0.3) is 10.9 Å². The summed E-state index contributed by atoms with van der Waals surface area (Å²) in [6, 6.07) is 16.1. The Morgan fingerprint density at radius 1 is 1.16 bits per heavy atom. The van der Waals surface area contributed by atoms with Gasteiger partial charge in [-0.3, -0.25) is 4.99 Å². The fourth-order valence-electron chi connectivity index (χ4n) is 3.42. The van der Waals surface area contributed by atoms with E-state index < -0.39 is 11.9 Å². The molecule has 0 bridgehead atoms. The van der Waals surface area contributed by atoms with E-state index in [1.54, 1.807) is 36.5 Å². The highest BCUT2D eigenvalue weighted by Gasteiger charge is 2.13. The van der Waals surface area contributed by atoms with Crippen molar-refractivity contribution in [2.24, 2.45) is 4.99 Å². The van der Waals surface area contributed by atoms with Crippen molar-refractivity contribution < 1.29 is 23.8 Å². The van der Waals surface area contributed by atoms with Crippen LogP contribution in [0.4, 0.5) is 5.69 Å². The van der Waals surface area contributed by atoms with E-state index in [-0.39, 0.29) is 11.3 Å². The Hall–Kier alpha value is -4.13. The second kappa shape index (κ2) is 8.31. The van der Waals surface area contributed by atoms with Gasteiger partial charge in [0.05, 0.1) is 24.9 Å². The number of ether oxygens (including phenoxy) is 1. The van der Waals surface area contributed by atoms with Crippen molar-refractivity contribution in [3.63, 3.8) is 0 Å². The molecule has 7 heteroatoms. The first-order chi connectivity index (χ1) is 15.0. The van der Waals surface area contributed by atoms with E-state index in [2.05, 4.69) is 9.73 Å². The number of furan rings is 1. The third-order valence-electron chi connectivity index (χ3n) is 4.98. The summed E-state index contributed by atoms with van der Waals surface area (Å²) in [7, 11) is 1.31. The maximum absolute atomic E-state index is 11.6. The topological polar surface area (TPSA) is 94.0 Å². The molecule has 0 radical (unpaired) electrons. The van der Waals surface area contributed by atoms with E-state index in [1.165, 1.54) is 7.11 Å². The van der Waals surface area contributed by atoms with Crippen LogP contribution in [0, 0.1) is 6.92 Å². The Balaban J connectivity index is 1.65. The highest BCUT2D eigenvalue weighted by Crippen LogP contribution is 2.24. The monoisotopic (exact) mass is 416 g/mol. The van der Waals surface area contributed by atoms with Crippen LogP contribution in [0.2, 0.25) is 0 Å². The third kappa shape index (κ3) is 4.11. The van der Waals surface area contributed by atoms with Gasteiger partial charge in [0.25, 0.3) is 0 Å². The van der Waals surface area contributed by atoms with Crippen LogP contribution in [0.1, 0.15) is 37.8 Å². The van der Waals surface area contributed by atoms with Gasteiger partial charge < -0.3 is 18.8 Å². The Bertz CT molecular complexity index is 1310. The minimum absolute atomic E-state index is 0.163. The molecule has 2 heterocycles. The van der Waals surface area contributed by atoms with Gasteiger partial charge in [-0.2, -0.15) is 0 Å². The number of aliphatic imine (C=N–C) groups is 1. The Morgan fingerprint density at radius 2 is 1.97 bits per heavy atom. The molecule has 4 rings (SSSR count). The van der Waals surface area contributed by atoms with E-state index in [0.717, 1.165) is 22.0 Å². The summed E-state index contributed by atoms with van der Waals surface area (Å²) in [5, 5.41) is 10.1. The Labute approximate surface area is 178 Å². The first-order valence-electron chi connectivity index (χ1n) is 9.59. The van der Waals surface area contributed by atoms with E-state index in [0.29, 0.717) is 18.0 Å². The van der Waals surface area contributed by atoms with Gasteiger partial charge in [0, 0.05) is 28.9 Å². The summed E-state index contributed by atoms with van der Waals surface area (Å²) in [5.74, 6) is -0.684. The molecule has 156 valence electrons. The molecule has 0 unspecified atom stereocenters. The fourth-order valence-corrected chi connectivity index (χ4v) is 3.42. The summed E-state index contributed by atoms with van der Waals surface area (Å²) >= 11 is 0. The number of nitrogens with zero attached hydrogens (tertiary/aromatic N) is 2. The van der Waals surface area contributed by atoms with Crippen molar-refractivity contribution in [2.75, 3.05) is 7.11 Å². The number of benzene rings is 2. The van der Waals surface area contributed by atoms with E-state index in [1.807, 2.05) is 42.0 Å². The minimum Gasteiger partial charge on any atom is -0.478 e. The number of carboxylic acids is 1. The number of aromatic carboxylic acids is 1. The molecule has 0 saturated heterocycles. The van der Waals surface area contributed by atoms with Crippen LogP contribution < -0.4 is 0 Å². The molecule has 0 aliphatic rings. The van der Waals surface area contributed by atoms with Gasteiger partial charge in [-0.25, -0.2) is 9.59 Å². The van der Waals surface area contributed by atoms with Gasteiger partial charge in [-0.15, -0.1) is 0 Å². The maximum atomic E-state index is 11.6. The average Bonchev–Trinajstić information content (AvgIpc) is 3.38. The Kier molecular flexibility index (Phi) is 5.41. The van der Waals surface area contributed by atoms with Gasteiger partial charge in [0.2, 0.25) is 5.76 Å². The number of para-hydroxylation sites is 1. The van der Waals surface area contributed by atoms with Crippen molar-refractivity contribution in [3.8, 4) is 0 Å². The average molecular weight is 416 g/mol. The number of carbonyl (C=O) groups excluding carboxylic acids is 1. The molecule has 0 fully saturated rings. The molecule has 4 aromatic rings. The number of esters is 1. The summed E-state index contributed by atoms with van der Waals surface area (Å²) in [6.45, 7) is 2.27. The van der Waals surface area contributed by atoms with Crippen LogP contribution in [0.5, 0.6) is 0 Å². The zero-order valence-electron chi connectivity index (χ0n) is 17.0. The number of methoxy groups -OCH3 is 1. The van der Waals surface area contributed by atoms with Crippen LogP contribution >= 0.6 is 0 Å². The van der Waals surface area contributed by atoms with Gasteiger partial charge in [-0.1, -0.05) is 18.2 Å². The zero-order chi connectivity index (χ0) is 22.0. The fraction of sp³-hybridized carbons (Fsp3) is 0.125. The van der Waals surface area contributed by atoms with E-state index >= 15 is 0 Å². The van der Waals surface area contributed by atoms with Crippen molar-refractivity contribution in [1.29, 1.82) is 0 Å². The van der Waals surface area contributed by atoms with Crippen LogP contribution in [-0.4, -0.2) is 34.9 Å². The predicted molar refractivity (Wildman–Crippen MR) is 116 cm³/mol. The molecule has 0 aliphatic heterocycles. The quantitative estimate of drug-likeness (QED) is 0.359. The van der Waals surface area contributed by atoms with E-state index in [4.69, 9.17) is 9.52 Å². The lowest BCUT2D eigenvalue weighted by molar-refractivity contribution is 0.0562. The lowest BCUT2D eigenvalue weighted by atomic mass is 10.1. The van der Waals surface area contributed by atoms with Crippen molar-refractivity contribution >= 4 is 34.7 Å². The number of rotatable bonds is 6. The summed E-state index contributed by atoms with van der Waals surface area (Å²) in [4.78, 5) is 27.3. The molecule has 1 N–H and O–H groups in total.